The zero-order valence-corrected chi connectivity index (χ0v) is 11.4. The summed E-state index contributed by atoms with van der Waals surface area (Å²) in [7, 11) is 0. The maximum Gasteiger partial charge on any atom is 0.230 e. The van der Waals surface area contributed by atoms with Gasteiger partial charge >= 0.3 is 0 Å². The SMILES string of the molecule is Cc1ccccc1CC(=O)NC(=S)N1CCCC1. The van der Waals surface area contributed by atoms with Crippen molar-refractivity contribution in [3.05, 3.63) is 35.4 Å². The molecule has 0 saturated carbocycles. The second-order valence-electron chi connectivity index (χ2n) is 4.65. The van der Waals surface area contributed by atoms with Crippen molar-refractivity contribution in [2.45, 2.75) is 26.2 Å². The van der Waals surface area contributed by atoms with Crippen molar-refractivity contribution < 1.29 is 4.79 Å². The number of thiocarbonyl (C=S) groups is 1. The van der Waals surface area contributed by atoms with Gasteiger partial charge in [-0.15, -0.1) is 0 Å². The Labute approximate surface area is 113 Å². The number of nitrogens with zero attached hydrogens (tertiary/aromatic N) is 1. The van der Waals surface area contributed by atoms with Crippen LogP contribution >= 0.6 is 12.2 Å². The van der Waals surface area contributed by atoms with Gasteiger partial charge in [0.25, 0.3) is 0 Å². The highest BCUT2D eigenvalue weighted by Gasteiger charge is 2.16. The van der Waals surface area contributed by atoms with E-state index in [1.165, 1.54) is 0 Å². The number of rotatable bonds is 2. The molecule has 1 amide bonds. The lowest BCUT2D eigenvalue weighted by Gasteiger charge is -2.18. The number of carbonyl (C=O) groups is 1. The van der Waals surface area contributed by atoms with Gasteiger partial charge in [0, 0.05) is 13.1 Å². The van der Waals surface area contributed by atoms with Crippen LogP contribution in [-0.4, -0.2) is 29.0 Å². The number of aryl methyl sites for hydroxylation is 1. The van der Waals surface area contributed by atoms with Crippen LogP contribution in [-0.2, 0) is 11.2 Å². The van der Waals surface area contributed by atoms with E-state index in [1.807, 2.05) is 31.2 Å². The van der Waals surface area contributed by atoms with E-state index in [9.17, 15) is 4.79 Å². The summed E-state index contributed by atoms with van der Waals surface area (Å²) in [5, 5.41) is 3.39. The van der Waals surface area contributed by atoms with Crippen LogP contribution in [0, 0.1) is 6.92 Å². The molecule has 96 valence electrons. The quantitative estimate of drug-likeness (QED) is 0.828. The molecule has 1 N–H and O–H groups in total. The van der Waals surface area contributed by atoms with E-state index in [-0.39, 0.29) is 5.91 Å². The van der Waals surface area contributed by atoms with E-state index in [1.54, 1.807) is 0 Å². The van der Waals surface area contributed by atoms with E-state index in [0.29, 0.717) is 11.5 Å². The number of carbonyl (C=O) groups excluding carboxylic acids is 1. The van der Waals surface area contributed by atoms with Gasteiger partial charge in [0.05, 0.1) is 6.42 Å². The lowest BCUT2D eigenvalue weighted by molar-refractivity contribution is -0.119. The van der Waals surface area contributed by atoms with E-state index in [4.69, 9.17) is 12.2 Å². The zero-order chi connectivity index (χ0) is 13.0. The van der Waals surface area contributed by atoms with E-state index < -0.39 is 0 Å². The van der Waals surface area contributed by atoms with E-state index >= 15 is 0 Å². The Balaban J connectivity index is 1.89. The van der Waals surface area contributed by atoms with Gasteiger partial charge in [-0.25, -0.2) is 0 Å². The lowest BCUT2D eigenvalue weighted by Crippen LogP contribution is -2.41. The van der Waals surface area contributed by atoms with Crippen molar-refractivity contribution in [3.63, 3.8) is 0 Å². The van der Waals surface area contributed by atoms with Crippen LogP contribution in [0.3, 0.4) is 0 Å². The van der Waals surface area contributed by atoms with Crippen molar-refractivity contribution in [1.82, 2.24) is 10.2 Å². The molecule has 1 fully saturated rings. The smallest absolute Gasteiger partial charge is 0.230 e. The lowest BCUT2D eigenvalue weighted by atomic mass is 10.1. The first-order valence-electron chi connectivity index (χ1n) is 6.30. The fourth-order valence-electron chi connectivity index (χ4n) is 2.14. The van der Waals surface area contributed by atoms with E-state index in [0.717, 1.165) is 37.1 Å². The van der Waals surface area contributed by atoms with Gasteiger partial charge in [0.2, 0.25) is 5.91 Å². The van der Waals surface area contributed by atoms with Crippen molar-refractivity contribution >= 4 is 23.2 Å². The number of amides is 1. The molecule has 1 aromatic rings. The van der Waals surface area contributed by atoms with Crippen LogP contribution in [0.15, 0.2) is 24.3 Å². The van der Waals surface area contributed by atoms with Gasteiger partial charge in [0.1, 0.15) is 0 Å². The predicted molar refractivity (Wildman–Crippen MR) is 76.4 cm³/mol. The summed E-state index contributed by atoms with van der Waals surface area (Å²) in [5.74, 6) is -0.0267. The Bertz CT molecular complexity index is 453. The minimum Gasteiger partial charge on any atom is -0.349 e. The summed E-state index contributed by atoms with van der Waals surface area (Å²) in [4.78, 5) is 14.0. The van der Waals surface area contributed by atoms with Crippen molar-refractivity contribution in [1.29, 1.82) is 0 Å². The molecule has 1 aliphatic rings. The summed E-state index contributed by atoms with van der Waals surface area (Å²) >= 11 is 5.23. The molecule has 18 heavy (non-hydrogen) atoms. The van der Waals surface area contributed by atoms with Crippen LogP contribution < -0.4 is 5.32 Å². The number of nitrogens with one attached hydrogen (secondary N) is 1. The average molecular weight is 262 g/mol. The summed E-state index contributed by atoms with van der Waals surface area (Å²) in [6, 6.07) is 7.93. The standard InChI is InChI=1S/C14H18N2OS/c1-11-6-2-3-7-12(11)10-13(17)15-14(18)16-8-4-5-9-16/h2-3,6-7H,4-5,8-10H2,1H3,(H,15,17,18). The summed E-state index contributed by atoms with van der Waals surface area (Å²) < 4.78 is 0. The first-order chi connectivity index (χ1) is 8.66. The zero-order valence-electron chi connectivity index (χ0n) is 10.6. The molecular formula is C14H18N2OS. The fourth-order valence-corrected chi connectivity index (χ4v) is 2.44. The molecule has 0 spiro atoms. The largest absolute Gasteiger partial charge is 0.349 e. The normalized spacial score (nSPS) is 14.6. The molecule has 0 aliphatic carbocycles. The number of benzene rings is 1. The maximum absolute atomic E-state index is 11.9. The van der Waals surface area contributed by atoms with Crippen LogP contribution in [0.5, 0.6) is 0 Å². The average Bonchev–Trinajstić information content (AvgIpc) is 2.85. The molecule has 2 rings (SSSR count). The summed E-state index contributed by atoms with van der Waals surface area (Å²) in [5.41, 5.74) is 2.19. The molecule has 3 nitrogen and oxygen atoms in total. The molecule has 0 atom stereocenters. The van der Waals surface area contributed by atoms with Crippen LogP contribution in [0.2, 0.25) is 0 Å². The minimum absolute atomic E-state index is 0.0267. The highest BCUT2D eigenvalue weighted by atomic mass is 32.1. The topological polar surface area (TPSA) is 32.3 Å². The molecule has 0 radical (unpaired) electrons. The molecule has 1 aliphatic heterocycles. The third kappa shape index (κ3) is 3.29. The Hall–Kier alpha value is -1.42. The third-order valence-corrected chi connectivity index (χ3v) is 3.61. The Morgan fingerprint density at radius 2 is 2.00 bits per heavy atom. The van der Waals surface area contributed by atoms with Gasteiger partial charge in [-0.05, 0) is 43.1 Å². The van der Waals surface area contributed by atoms with Crippen LogP contribution in [0.25, 0.3) is 0 Å². The number of hydrogen-bond acceptors (Lipinski definition) is 2. The van der Waals surface area contributed by atoms with Crippen molar-refractivity contribution in [3.8, 4) is 0 Å². The van der Waals surface area contributed by atoms with E-state index in [2.05, 4.69) is 10.2 Å². The second-order valence-corrected chi connectivity index (χ2v) is 5.04. The first kappa shape index (κ1) is 13.0. The molecule has 1 heterocycles. The maximum atomic E-state index is 11.9. The molecule has 1 saturated heterocycles. The Kier molecular flexibility index (Phi) is 4.31. The molecule has 0 unspecified atom stereocenters. The third-order valence-electron chi connectivity index (χ3n) is 3.25. The van der Waals surface area contributed by atoms with Gasteiger partial charge in [-0.1, -0.05) is 24.3 Å². The first-order valence-corrected chi connectivity index (χ1v) is 6.71. The summed E-state index contributed by atoms with van der Waals surface area (Å²) in [6.07, 6.45) is 2.71. The fraction of sp³-hybridized carbons (Fsp3) is 0.429. The Morgan fingerprint density at radius 1 is 1.33 bits per heavy atom. The van der Waals surface area contributed by atoms with Gasteiger partial charge in [0.15, 0.2) is 5.11 Å². The van der Waals surface area contributed by atoms with Crippen molar-refractivity contribution in [2.75, 3.05) is 13.1 Å². The molecular weight excluding hydrogens is 244 g/mol. The summed E-state index contributed by atoms with van der Waals surface area (Å²) in [6.45, 7) is 3.94. The number of hydrogen-bond donors (Lipinski definition) is 1. The second kappa shape index (κ2) is 5.96. The van der Waals surface area contributed by atoms with Gasteiger partial charge in [-0.2, -0.15) is 0 Å². The monoisotopic (exact) mass is 262 g/mol. The highest BCUT2D eigenvalue weighted by molar-refractivity contribution is 7.80. The molecule has 4 heteroatoms. The minimum atomic E-state index is -0.0267. The van der Waals surface area contributed by atoms with Gasteiger partial charge < -0.3 is 10.2 Å². The number of likely N-dealkylation sites (tertiary alicyclic amines) is 1. The van der Waals surface area contributed by atoms with Crippen molar-refractivity contribution in [2.24, 2.45) is 0 Å². The molecule has 0 bridgehead atoms. The Morgan fingerprint density at radius 3 is 2.67 bits per heavy atom. The highest BCUT2D eigenvalue weighted by Crippen LogP contribution is 2.09. The van der Waals surface area contributed by atoms with Gasteiger partial charge in [-0.3, -0.25) is 4.79 Å². The van der Waals surface area contributed by atoms with Crippen LogP contribution in [0.4, 0.5) is 0 Å². The predicted octanol–water partition coefficient (Wildman–Crippen LogP) is 2.03. The molecule has 1 aromatic carbocycles. The van der Waals surface area contributed by atoms with Crippen LogP contribution in [0.1, 0.15) is 24.0 Å². The molecule has 0 aromatic heterocycles.